The zero-order chi connectivity index (χ0) is 12.9. The number of halogens is 3. The molecule has 6 heteroatoms. The van der Waals surface area contributed by atoms with Crippen LogP contribution in [0.4, 0.5) is 18.9 Å². The summed E-state index contributed by atoms with van der Waals surface area (Å²) >= 11 is 0. The molecule has 0 bridgehead atoms. The van der Waals surface area contributed by atoms with Crippen LogP contribution in [0.3, 0.4) is 0 Å². The molecule has 0 aliphatic heterocycles. The van der Waals surface area contributed by atoms with Crippen LogP contribution in [0.1, 0.15) is 12.0 Å². The van der Waals surface area contributed by atoms with Gasteiger partial charge in [-0.15, -0.1) is 0 Å². The molecule has 0 unspecified atom stereocenters. The first kappa shape index (κ1) is 13.6. The number of nitrogen functional groups attached to an aromatic ring is 1. The lowest BCUT2D eigenvalue weighted by Crippen LogP contribution is -2.11. The highest BCUT2D eigenvalue weighted by Gasteiger charge is 2.26. The van der Waals surface area contributed by atoms with E-state index >= 15 is 0 Å². The predicted molar refractivity (Wildman–Crippen MR) is 57.7 cm³/mol. The third-order valence-corrected chi connectivity index (χ3v) is 2.02. The summed E-state index contributed by atoms with van der Waals surface area (Å²) in [6.07, 6.45) is -5.14. The number of alkyl halides is 3. The van der Waals surface area contributed by atoms with Gasteiger partial charge in [-0.1, -0.05) is 0 Å². The van der Waals surface area contributed by atoms with E-state index in [1.165, 1.54) is 7.11 Å². The first-order valence-electron chi connectivity index (χ1n) is 4.98. The van der Waals surface area contributed by atoms with E-state index < -0.39 is 12.6 Å². The van der Waals surface area contributed by atoms with Gasteiger partial charge in [-0.3, -0.25) is 0 Å². The molecule has 96 valence electrons. The minimum absolute atomic E-state index is 0.0808. The molecule has 17 heavy (non-hydrogen) atoms. The lowest BCUT2D eigenvalue weighted by Gasteiger charge is -2.09. The van der Waals surface area contributed by atoms with Gasteiger partial charge in [0.15, 0.2) is 0 Å². The van der Waals surface area contributed by atoms with E-state index in [0.29, 0.717) is 17.0 Å². The number of hydrogen-bond donors (Lipinski definition) is 1. The molecule has 0 aromatic heterocycles. The lowest BCUT2D eigenvalue weighted by molar-refractivity contribution is -0.146. The topological polar surface area (TPSA) is 44.5 Å². The predicted octanol–water partition coefficient (Wildman–Crippen LogP) is 2.75. The van der Waals surface area contributed by atoms with Gasteiger partial charge >= 0.3 is 6.18 Å². The van der Waals surface area contributed by atoms with E-state index in [2.05, 4.69) is 0 Å². The van der Waals surface area contributed by atoms with Crippen molar-refractivity contribution in [3.63, 3.8) is 0 Å². The number of methoxy groups -OCH3 is 1. The number of anilines is 1. The Morgan fingerprint density at radius 3 is 2.53 bits per heavy atom. The maximum atomic E-state index is 11.8. The molecule has 0 heterocycles. The largest absolute Gasteiger partial charge is 0.497 e. The lowest BCUT2D eigenvalue weighted by atomic mass is 10.2. The summed E-state index contributed by atoms with van der Waals surface area (Å²) in [5.41, 5.74) is 6.76. The Morgan fingerprint density at radius 1 is 1.24 bits per heavy atom. The number of ether oxygens (including phenoxy) is 2. The van der Waals surface area contributed by atoms with Crippen molar-refractivity contribution in [2.75, 3.05) is 19.5 Å². The molecule has 0 aliphatic carbocycles. The van der Waals surface area contributed by atoms with Crippen LogP contribution in [-0.4, -0.2) is 19.9 Å². The van der Waals surface area contributed by atoms with Gasteiger partial charge in [0.25, 0.3) is 0 Å². The smallest absolute Gasteiger partial charge is 0.391 e. The van der Waals surface area contributed by atoms with E-state index in [0.717, 1.165) is 0 Å². The SMILES string of the molecule is COc1cc(N)cc(COCCC(F)(F)F)c1. The standard InChI is InChI=1S/C11H14F3NO2/c1-16-10-5-8(4-9(15)6-10)7-17-3-2-11(12,13)14/h4-6H,2-3,7,15H2,1H3. The molecule has 0 radical (unpaired) electrons. The second kappa shape index (κ2) is 5.77. The van der Waals surface area contributed by atoms with Crippen molar-refractivity contribution in [2.24, 2.45) is 0 Å². The number of hydrogen-bond acceptors (Lipinski definition) is 3. The van der Waals surface area contributed by atoms with Gasteiger partial charge < -0.3 is 15.2 Å². The van der Waals surface area contributed by atoms with Gasteiger partial charge in [-0.25, -0.2) is 0 Å². The fraction of sp³-hybridized carbons (Fsp3) is 0.455. The van der Waals surface area contributed by atoms with Gasteiger partial charge in [-0.2, -0.15) is 13.2 Å². The Kier molecular flexibility index (Phi) is 4.62. The Balaban J connectivity index is 2.44. The van der Waals surface area contributed by atoms with Crippen molar-refractivity contribution in [3.8, 4) is 5.75 Å². The monoisotopic (exact) mass is 249 g/mol. The molecule has 1 aromatic rings. The van der Waals surface area contributed by atoms with Crippen molar-refractivity contribution in [1.82, 2.24) is 0 Å². The third kappa shape index (κ3) is 5.44. The Morgan fingerprint density at radius 2 is 1.94 bits per heavy atom. The molecule has 1 aromatic carbocycles. The van der Waals surface area contributed by atoms with Crippen molar-refractivity contribution in [3.05, 3.63) is 23.8 Å². The summed E-state index contributed by atoms with van der Waals surface area (Å²) in [5.74, 6) is 0.555. The molecule has 0 fully saturated rings. The molecule has 0 spiro atoms. The minimum Gasteiger partial charge on any atom is -0.497 e. The van der Waals surface area contributed by atoms with Crippen molar-refractivity contribution in [2.45, 2.75) is 19.2 Å². The van der Waals surface area contributed by atoms with Gasteiger partial charge in [0.1, 0.15) is 5.75 Å². The fourth-order valence-electron chi connectivity index (χ4n) is 1.27. The molecule has 0 saturated heterocycles. The Hall–Kier alpha value is -1.43. The molecule has 0 saturated carbocycles. The van der Waals surface area contributed by atoms with Crippen molar-refractivity contribution >= 4 is 5.69 Å². The van der Waals surface area contributed by atoms with Crippen LogP contribution in [0.15, 0.2) is 18.2 Å². The number of nitrogens with two attached hydrogens (primary N) is 1. The van der Waals surface area contributed by atoms with Crippen LogP contribution in [0.25, 0.3) is 0 Å². The summed E-state index contributed by atoms with van der Waals surface area (Å²) in [5, 5.41) is 0. The van der Waals surface area contributed by atoms with E-state index in [1.54, 1.807) is 18.2 Å². The zero-order valence-electron chi connectivity index (χ0n) is 9.38. The first-order valence-corrected chi connectivity index (χ1v) is 4.98. The number of rotatable bonds is 5. The summed E-state index contributed by atoms with van der Waals surface area (Å²) in [6.45, 7) is -0.280. The van der Waals surface area contributed by atoms with Gasteiger partial charge in [0.05, 0.1) is 26.7 Å². The Labute approximate surface area is 97.3 Å². The molecular weight excluding hydrogens is 235 g/mol. The van der Waals surface area contributed by atoms with Crippen molar-refractivity contribution < 1.29 is 22.6 Å². The molecule has 0 atom stereocenters. The van der Waals surface area contributed by atoms with Crippen molar-refractivity contribution in [1.29, 1.82) is 0 Å². The van der Waals surface area contributed by atoms with E-state index in [4.69, 9.17) is 15.2 Å². The average Bonchev–Trinajstić information content (AvgIpc) is 2.22. The average molecular weight is 249 g/mol. The quantitative estimate of drug-likeness (QED) is 0.644. The first-order chi connectivity index (χ1) is 7.90. The zero-order valence-corrected chi connectivity index (χ0v) is 9.38. The van der Waals surface area contributed by atoms with Crippen LogP contribution in [0.2, 0.25) is 0 Å². The van der Waals surface area contributed by atoms with Gasteiger partial charge in [-0.05, 0) is 17.7 Å². The molecular formula is C11H14F3NO2. The van der Waals surface area contributed by atoms with Crippen LogP contribution in [-0.2, 0) is 11.3 Å². The van der Waals surface area contributed by atoms with Crippen LogP contribution >= 0.6 is 0 Å². The highest BCUT2D eigenvalue weighted by molar-refractivity contribution is 5.47. The second-order valence-electron chi connectivity index (χ2n) is 3.53. The van der Waals surface area contributed by atoms with Crippen LogP contribution in [0.5, 0.6) is 5.75 Å². The second-order valence-corrected chi connectivity index (χ2v) is 3.53. The summed E-state index contributed by atoms with van der Waals surface area (Å²) in [7, 11) is 1.49. The maximum Gasteiger partial charge on any atom is 0.391 e. The van der Waals surface area contributed by atoms with E-state index in [1.807, 2.05) is 0 Å². The fourth-order valence-corrected chi connectivity index (χ4v) is 1.27. The highest BCUT2D eigenvalue weighted by Crippen LogP contribution is 2.21. The maximum absolute atomic E-state index is 11.8. The molecule has 0 aliphatic rings. The minimum atomic E-state index is -4.19. The van der Waals surface area contributed by atoms with Gasteiger partial charge in [0.2, 0.25) is 0 Å². The molecule has 2 N–H and O–H groups in total. The van der Waals surface area contributed by atoms with E-state index in [9.17, 15) is 13.2 Å². The molecule has 0 amide bonds. The number of benzene rings is 1. The van der Waals surface area contributed by atoms with Crippen LogP contribution < -0.4 is 10.5 Å². The normalized spacial score (nSPS) is 11.5. The van der Waals surface area contributed by atoms with E-state index in [-0.39, 0.29) is 13.2 Å². The summed E-state index contributed by atoms with van der Waals surface area (Å²) in [4.78, 5) is 0. The van der Waals surface area contributed by atoms with Crippen LogP contribution in [0, 0.1) is 0 Å². The summed E-state index contributed by atoms with van der Waals surface area (Å²) in [6, 6.07) is 4.93. The molecule has 1 rings (SSSR count). The molecule has 3 nitrogen and oxygen atoms in total. The third-order valence-electron chi connectivity index (χ3n) is 2.02. The van der Waals surface area contributed by atoms with Gasteiger partial charge in [0, 0.05) is 11.8 Å². The highest BCUT2D eigenvalue weighted by atomic mass is 19.4. The Bertz CT molecular complexity index is 366. The summed E-state index contributed by atoms with van der Waals surface area (Å²) < 4.78 is 45.4.